The normalized spacial score (nSPS) is 9.08. The van der Waals surface area contributed by atoms with E-state index < -0.39 is 0 Å². The van der Waals surface area contributed by atoms with Crippen LogP contribution < -0.4 is 0 Å². The molecule has 0 aliphatic heterocycles. The molecule has 0 saturated heterocycles. The van der Waals surface area contributed by atoms with Gasteiger partial charge in [0.2, 0.25) is 0 Å². The van der Waals surface area contributed by atoms with E-state index in [4.69, 9.17) is 0 Å². The minimum Gasteiger partial charge on any atom is -0.315 e. The molecule has 1 heterocycles. The topological polar surface area (TPSA) is 30.7 Å². The van der Waals surface area contributed by atoms with Gasteiger partial charge >= 0.3 is 0 Å². The van der Waals surface area contributed by atoms with Crippen molar-refractivity contribution in [2.45, 2.75) is 47.6 Å². The number of aromatic nitrogens is 3. The molecule has 0 N–H and O–H groups in total. The Kier molecular flexibility index (Phi) is 5.34. The van der Waals surface area contributed by atoms with Crippen molar-refractivity contribution in [2.75, 3.05) is 0 Å². The lowest BCUT2D eigenvalue weighted by Crippen LogP contribution is -2.01. The van der Waals surface area contributed by atoms with Gasteiger partial charge in [0, 0.05) is 6.54 Å². The summed E-state index contributed by atoms with van der Waals surface area (Å²) in [7, 11) is 0. The van der Waals surface area contributed by atoms with Crippen molar-refractivity contribution in [1.82, 2.24) is 14.8 Å². The average Bonchev–Trinajstić information content (AvgIpc) is 2.40. The molecule has 1 rings (SSSR count). The Hall–Kier alpha value is -0.860. The van der Waals surface area contributed by atoms with Crippen LogP contribution in [0.2, 0.25) is 0 Å². The van der Waals surface area contributed by atoms with E-state index >= 15 is 0 Å². The Labute approximate surface area is 74.8 Å². The number of nitrogens with zero attached hydrogens (tertiary/aromatic N) is 3. The summed E-state index contributed by atoms with van der Waals surface area (Å²) in [5, 5.41) is 7.90. The van der Waals surface area contributed by atoms with Crippen molar-refractivity contribution in [3.8, 4) is 0 Å². The summed E-state index contributed by atoms with van der Waals surface area (Å²) in [5.41, 5.74) is 0. The first kappa shape index (κ1) is 11.1. The number of aryl methyl sites for hydroxylation is 2. The van der Waals surface area contributed by atoms with Gasteiger partial charge in [-0.2, -0.15) is 0 Å². The highest BCUT2D eigenvalue weighted by Crippen LogP contribution is 1.99. The second-order valence-corrected chi connectivity index (χ2v) is 2.45. The standard InChI is InChI=1S/C7H13N3.C2H6/c1-4-5-10-6(2)8-9-7(10)3;1-2/h4-5H2,1-3H3;1-2H3. The van der Waals surface area contributed by atoms with E-state index in [1.54, 1.807) is 0 Å². The van der Waals surface area contributed by atoms with Gasteiger partial charge in [-0.1, -0.05) is 20.8 Å². The highest BCUT2D eigenvalue weighted by Gasteiger charge is 2.00. The quantitative estimate of drug-likeness (QED) is 0.680. The number of hydrogen-bond donors (Lipinski definition) is 0. The van der Waals surface area contributed by atoms with Crippen LogP contribution in [0.25, 0.3) is 0 Å². The molecule has 0 unspecified atom stereocenters. The largest absolute Gasteiger partial charge is 0.315 e. The Morgan fingerprint density at radius 2 is 1.50 bits per heavy atom. The zero-order valence-electron chi connectivity index (χ0n) is 8.76. The van der Waals surface area contributed by atoms with Crippen LogP contribution in [-0.2, 0) is 6.54 Å². The average molecular weight is 169 g/mol. The van der Waals surface area contributed by atoms with Crippen molar-refractivity contribution < 1.29 is 0 Å². The van der Waals surface area contributed by atoms with Gasteiger partial charge in [0.15, 0.2) is 0 Å². The molecule has 1 aromatic heterocycles. The lowest BCUT2D eigenvalue weighted by Gasteiger charge is -2.01. The van der Waals surface area contributed by atoms with Crippen molar-refractivity contribution in [1.29, 1.82) is 0 Å². The zero-order chi connectivity index (χ0) is 9.56. The fraction of sp³-hybridized carbons (Fsp3) is 0.778. The van der Waals surface area contributed by atoms with Gasteiger partial charge < -0.3 is 4.57 Å². The molecule has 0 saturated carbocycles. The van der Waals surface area contributed by atoms with Crippen molar-refractivity contribution in [2.24, 2.45) is 0 Å². The molecule has 3 heteroatoms. The van der Waals surface area contributed by atoms with Gasteiger partial charge in [-0.3, -0.25) is 0 Å². The van der Waals surface area contributed by atoms with E-state index in [0.29, 0.717) is 0 Å². The highest BCUT2D eigenvalue weighted by atomic mass is 15.3. The SMILES string of the molecule is CC.CCCn1c(C)nnc1C. The molecule has 3 nitrogen and oxygen atoms in total. The molecule has 0 aliphatic carbocycles. The summed E-state index contributed by atoms with van der Waals surface area (Å²) in [4.78, 5) is 0. The van der Waals surface area contributed by atoms with E-state index in [2.05, 4.69) is 21.7 Å². The summed E-state index contributed by atoms with van der Waals surface area (Å²) in [6.45, 7) is 11.1. The van der Waals surface area contributed by atoms with Crippen molar-refractivity contribution >= 4 is 0 Å². The molecular weight excluding hydrogens is 150 g/mol. The maximum Gasteiger partial charge on any atom is 0.129 e. The first-order chi connectivity index (χ1) is 5.75. The van der Waals surface area contributed by atoms with E-state index in [0.717, 1.165) is 24.6 Å². The molecule has 0 radical (unpaired) electrons. The van der Waals surface area contributed by atoms with Crippen LogP contribution in [0.1, 0.15) is 38.8 Å². The predicted molar refractivity (Wildman–Crippen MR) is 51.1 cm³/mol. The molecule has 0 amide bonds. The Morgan fingerprint density at radius 3 is 1.83 bits per heavy atom. The molecule has 0 bridgehead atoms. The van der Waals surface area contributed by atoms with Gasteiger partial charge in [0.1, 0.15) is 11.6 Å². The summed E-state index contributed by atoms with van der Waals surface area (Å²) in [5.74, 6) is 2.03. The first-order valence-corrected chi connectivity index (χ1v) is 4.62. The predicted octanol–water partition coefficient (Wildman–Crippen LogP) is 2.33. The Morgan fingerprint density at radius 1 is 1.08 bits per heavy atom. The lowest BCUT2D eigenvalue weighted by atomic mass is 10.4. The van der Waals surface area contributed by atoms with E-state index in [9.17, 15) is 0 Å². The maximum atomic E-state index is 3.95. The fourth-order valence-electron chi connectivity index (χ4n) is 1.03. The minimum absolute atomic E-state index is 1.01. The summed E-state index contributed by atoms with van der Waals surface area (Å²) >= 11 is 0. The summed E-state index contributed by atoms with van der Waals surface area (Å²) in [6, 6.07) is 0. The monoisotopic (exact) mass is 169 g/mol. The van der Waals surface area contributed by atoms with Gasteiger partial charge in [-0.25, -0.2) is 0 Å². The third-order valence-corrected chi connectivity index (χ3v) is 1.57. The molecule has 0 spiro atoms. The molecular formula is C9H19N3. The van der Waals surface area contributed by atoms with Crippen molar-refractivity contribution in [3.05, 3.63) is 11.6 Å². The summed E-state index contributed by atoms with van der Waals surface area (Å²) in [6.07, 6.45) is 1.14. The minimum atomic E-state index is 1.01. The molecule has 0 atom stereocenters. The fourth-order valence-corrected chi connectivity index (χ4v) is 1.03. The lowest BCUT2D eigenvalue weighted by molar-refractivity contribution is 0.639. The molecule has 0 aliphatic rings. The van der Waals surface area contributed by atoms with Gasteiger partial charge in [-0.05, 0) is 20.3 Å². The van der Waals surface area contributed by atoms with E-state index in [1.807, 2.05) is 27.7 Å². The van der Waals surface area contributed by atoms with Crippen LogP contribution in [0.15, 0.2) is 0 Å². The maximum absolute atomic E-state index is 3.95. The third kappa shape index (κ3) is 2.64. The van der Waals surface area contributed by atoms with E-state index in [1.165, 1.54) is 0 Å². The van der Waals surface area contributed by atoms with Crippen molar-refractivity contribution in [3.63, 3.8) is 0 Å². The van der Waals surface area contributed by atoms with Crippen LogP contribution in [0.5, 0.6) is 0 Å². The highest BCUT2D eigenvalue weighted by molar-refractivity contribution is 4.90. The second-order valence-electron chi connectivity index (χ2n) is 2.45. The van der Waals surface area contributed by atoms with Crippen LogP contribution >= 0.6 is 0 Å². The Bertz CT molecular complexity index is 196. The number of hydrogen-bond acceptors (Lipinski definition) is 2. The molecule has 0 fully saturated rings. The van der Waals surface area contributed by atoms with Gasteiger partial charge in [0.05, 0.1) is 0 Å². The zero-order valence-corrected chi connectivity index (χ0v) is 8.76. The third-order valence-electron chi connectivity index (χ3n) is 1.57. The van der Waals surface area contributed by atoms with Crippen LogP contribution in [0, 0.1) is 13.8 Å². The molecule has 70 valence electrons. The van der Waals surface area contributed by atoms with Gasteiger partial charge in [0.25, 0.3) is 0 Å². The molecule has 1 aromatic rings. The Balaban J connectivity index is 0.000000561. The number of rotatable bonds is 2. The van der Waals surface area contributed by atoms with Crippen LogP contribution in [0.3, 0.4) is 0 Å². The molecule has 12 heavy (non-hydrogen) atoms. The smallest absolute Gasteiger partial charge is 0.129 e. The van der Waals surface area contributed by atoms with E-state index in [-0.39, 0.29) is 0 Å². The van der Waals surface area contributed by atoms with Crippen LogP contribution in [-0.4, -0.2) is 14.8 Å². The van der Waals surface area contributed by atoms with Gasteiger partial charge in [-0.15, -0.1) is 10.2 Å². The first-order valence-electron chi connectivity index (χ1n) is 4.62. The molecule has 0 aromatic carbocycles. The summed E-state index contributed by atoms with van der Waals surface area (Å²) < 4.78 is 2.12. The van der Waals surface area contributed by atoms with Crippen LogP contribution in [0.4, 0.5) is 0 Å². The second kappa shape index (κ2) is 5.75.